The highest BCUT2D eigenvalue weighted by molar-refractivity contribution is 5.77. The zero-order valence-corrected chi connectivity index (χ0v) is 15.3. The van der Waals surface area contributed by atoms with E-state index in [1.807, 2.05) is 23.1 Å². The van der Waals surface area contributed by atoms with Crippen molar-refractivity contribution in [3.05, 3.63) is 23.8 Å². The molecule has 1 aromatic rings. The van der Waals surface area contributed by atoms with Crippen LogP contribution in [0.2, 0.25) is 0 Å². The van der Waals surface area contributed by atoms with Crippen LogP contribution >= 0.6 is 0 Å². The molecule has 0 bridgehead atoms. The summed E-state index contributed by atoms with van der Waals surface area (Å²) in [4.78, 5) is 16.8. The SMILES string of the molecule is COc1cc(CN2CCN(C(=O)CC3CCCN3)CC2)cc(OC)c1. The molecule has 6 heteroatoms. The van der Waals surface area contributed by atoms with Gasteiger partial charge < -0.3 is 19.7 Å². The standard InChI is InChI=1S/C19H29N3O3/c1-24-17-10-15(11-18(13-17)25-2)14-21-6-8-22(9-7-21)19(23)12-16-4-3-5-20-16/h10-11,13,16,20H,3-9,12,14H2,1-2H3. The maximum absolute atomic E-state index is 12.4. The van der Waals surface area contributed by atoms with E-state index in [9.17, 15) is 4.79 Å². The first-order chi connectivity index (χ1) is 12.2. The molecule has 2 fully saturated rings. The monoisotopic (exact) mass is 347 g/mol. The van der Waals surface area contributed by atoms with Crippen molar-refractivity contribution in [1.82, 2.24) is 15.1 Å². The van der Waals surface area contributed by atoms with Crippen molar-refractivity contribution in [2.75, 3.05) is 46.9 Å². The van der Waals surface area contributed by atoms with E-state index in [0.717, 1.165) is 57.2 Å². The average Bonchev–Trinajstić information content (AvgIpc) is 3.15. The van der Waals surface area contributed by atoms with Gasteiger partial charge in [-0.1, -0.05) is 0 Å². The largest absolute Gasteiger partial charge is 0.497 e. The smallest absolute Gasteiger partial charge is 0.224 e. The van der Waals surface area contributed by atoms with Crippen molar-refractivity contribution in [2.24, 2.45) is 0 Å². The summed E-state index contributed by atoms with van der Waals surface area (Å²) in [6.07, 6.45) is 2.96. The van der Waals surface area contributed by atoms with Crippen molar-refractivity contribution < 1.29 is 14.3 Å². The van der Waals surface area contributed by atoms with Gasteiger partial charge in [-0.2, -0.15) is 0 Å². The maximum atomic E-state index is 12.4. The lowest BCUT2D eigenvalue weighted by molar-refractivity contribution is -0.133. The summed E-state index contributed by atoms with van der Waals surface area (Å²) in [6, 6.07) is 6.36. The predicted octanol–water partition coefficient (Wildman–Crippen LogP) is 1.49. The number of carbonyl (C=O) groups is 1. The number of methoxy groups -OCH3 is 2. The Kier molecular flexibility index (Phi) is 6.15. The minimum atomic E-state index is 0.294. The van der Waals surface area contributed by atoms with Gasteiger partial charge in [0.25, 0.3) is 0 Å². The molecule has 0 aromatic heterocycles. The van der Waals surface area contributed by atoms with E-state index in [4.69, 9.17) is 9.47 Å². The van der Waals surface area contributed by atoms with E-state index in [-0.39, 0.29) is 0 Å². The number of rotatable bonds is 6. The molecule has 6 nitrogen and oxygen atoms in total. The highest BCUT2D eigenvalue weighted by atomic mass is 16.5. The van der Waals surface area contributed by atoms with Gasteiger partial charge in [-0.15, -0.1) is 0 Å². The van der Waals surface area contributed by atoms with Crippen molar-refractivity contribution in [1.29, 1.82) is 0 Å². The molecular formula is C19H29N3O3. The molecule has 2 saturated heterocycles. The van der Waals surface area contributed by atoms with E-state index < -0.39 is 0 Å². The van der Waals surface area contributed by atoms with Gasteiger partial charge in [0.2, 0.25) is 5.91 Å². The van der Waals surface area contributed by atoms with Crippen LogP contribution in [0.15, 0.2) is 18.2 Å². The number of amides is 1. The number of piperazine rings is 1. The minimum Gasteiger partial charge on any atom is -0.497 e. The van der Waals surface area contributed by atoms with Crippen LogP contribution in [0.4, 0.5) is 0 Å². The fourth-order valence-electron chi connectivity index (χ4n) is 3.64. The topological polar surface area (TPSA) is 54.0 Å². The average molecular weight is 347 g/mol. The molecule has 2 aliphatic rings. The zero-order valence-electron chi connectivity index (χ0n) is 15.3. The molecule has 2 heterocycles. The van der Waals surface area contributed by atoms with Gasteiger partial charge in [-0.3, -0.25) is 9.69 Å². The number of nitrogens with zero attached hydrogens (tertiary/aromatic N) is 2. The third-order valence-corrected chi connectivity index (χ3v) is 5.13. The Morgan fingerprint density at radius 3 is 2.36 bits per heavy atom. The summed E-state index contributed by atoms with van der Waals surface area (Å²) in [7, 11) is 3.34. The predicted molar refractivity (Wildman–Crippen MR) is 97.0 cm³/mol. The quantitative estimate of drug-likeness (QED) is 0.845. The molecule has 1 unspecified atom stereocenters. The van der Waals surface area contributed by atoms with Gasteiger partial charge in [-0.05, 0) is 37.1 Å². The molecule has 2 aliphatic heterocycles. The second kappa shape index (κ2) is 8.54. The summed E-state index contributed by atoms with van der Waals surface area (Å²) < 4.78 is 10.7. The molecule has 1 aromatic carbocycles. The van der Waals surface area contributed by atoms with Gasteiger partial charge >= 0.3 is 0 Å². The van der Waals surface area contributed by atoms with Crippen molar-refractivity contribution in [3.63, 3.8) is 0 Å². The lowest BCUT2D eigenvalue weighted by Gasteiger charge is -2.35. The second-order valence-electron chi connectivity index (χ2n) is 6.88. The normalized spacial score (nSPS) is 21.4. The Balaban J connectivity index is 1.49. The number of nitrogens with one attached hydrogen (secondary N) is 1. The van der Waals surface area contributed by atoms with Crippen LogP contribution in [-0.4, -0.2) is 68.7 Å². The lowest BCUT2D eigenvalue weighted by Crippen LogP contribution is -2.49. The minimum absolute atomic E-state index is 0.294. The Bertz CT molecular complexity index is 557. The van der Waals surface area contributed by atoms with Crippen molar-refractivity contribution >= 4 is 5.91 Å². The summed E-state index contributed by atoms with van der Waals surface area (Å²) in [5.74, 6) is 1.92. The van der Waals surface area contributed by atoms with Gasteiger partial charge in [-0.25, -0.2) is 0 Å². The molecule has 1 amide bonds. The van der Waals surface area contributed by atoms with Crippen LogP contribution < -0.4 is 14.8 Å². The molecular weight excluding hydrogens is 318 g/mol. The Labute approximate surface area is 150 Å². The summed E-state index contributed by atoms with van der Waals surface area (Å²) in [5.41, 5.74) is 1.17. The third kappa shape index (κ3) is 4.86. The molecule has 0 spiro atoms. The van der Waals surface area contributed by atoms with Crippen LogP contribution in [0.5, 0.6) is 11.5 Å². The van der Waals surface area contributed by atoms with Gasteiger partial charge in [0.05, 0.1) is 14.2 Å². The Morgan fingerprint density at radius 1 is 1.12 bits per heavy atom. The van der Waals surface area contributed by atoms with Crippen molar-refractivity contribution in [3.8, 4) is 11.5 Å². The highest BCUT2D eigenvalue weighted by Gasteiger charge is 2.25. The van der Waals surface area contributed by atoms with Gasteiger partial charge in [0, 0.05) is 51.3 Å². The number of carbonyl (C=O) groups excluding carboxylic acids is 1. The third-order valence-electron chi connectivity index (χ3n) is 5.13. The van der Waals surface area contributed by atoms with E-state index >= 15 is 0 Å². The maximum Gasteiger partial charge on any atom is 0.224 e. The molecule has 25 heavy (non-hydrogen) atoms. The first kappa shape index (κ1) is 18.0. The fraction of sp³-hybridized carbons (Fsp3) is 0.632. The van der Waals surface area contributed by atoms with Crippen LogP contribution in [0.1, 0.15) is 24.8 Å². The molecule has 1 atom stereocenters. The Morgan fingerprint density at radius 2 is 1.80 bits per heavy atom. The van der Waals surface area contributed by atoms with Crippen LogP contribution in [0, 0.1) is 0 Å². The lowest BCUT2D eigenvalue weighted by atomic mass is 10.1. The molecule has 0 radical (unpaired) electrons. The molecule has 0 saturated carbocycles. The Hall–Kier alpha value is -1.79. The first-order valence-electron chi connectivity index (χ1n) is 9.13. The van der Waals surface area contributed by atoms with E-state index in [2.05, 4.69) is 10.2 Å². The van der Waals surface area contributed by atoms with Crippen LogP contribution in [0.3, 0.4) is 0 Å². The molecule has 1 N–H and O–H groups in total. The first-order valence-corrected chi connectivity index (χ1v) is 9.13. The number of benzene rings is 1. The van der Waals surface area contributed by atoms with E-state index in [1.54, 1.807) is 14.2 Å². The number of hydrogen-bond donors (Lipinski definition) is 1. The van der Waals surface area contributed by atoms with Crippen molar-refractivity contribution in [2.45, 2.75) is 31.8 Å². The van der Waals surface area contributed by atoms with E-state index in [0.29, 0.717) is 18.4 Å². The summed E-state index contributed by atoms with van der Waals surface area (Å²) in [5, 5.41) is 3.41. The summed E-state index contributed by atoms with van der Waals surface area (Å²) >= 11 is 0. The molecule has 0 aliphatic carbocycles. The number of hydrogen-bond acceptors (Lipinski definition) is 5. The molecule has 3 rings (SSSR count). The number of ether oxygens (including phenoxy) is 2. The molecule has 138 valence electrons. The summed E-state index contributed by atoms with van der Waals surface area (Å²) in [6.45, 7) is 5.33. The van der Waals surface area contributed by atoms with Gasteiger partial charge in [0.15, 0.2) is 0 Å². The van der Waals surface area contributed by atoms with Crippen LogP contribution in [-0.2, 0) is 11.3 Å². The highest BCUT2D eigenvalue weighted by Crippen LogP contribution is 2.24. The van der Waals surface area contributed by atoms with Crippen LogP contribution in [0.25, 0.3) is 0 Å². The fourth-order valence-corrected chi connectivity index (χ4v) is 3.64. The van der Waals surface area contributed by atoms with E-state index in [1.165, 1.54) is 12.0 Å². The second-order valence-corrected chi connectivity index (χ2v) is 6.88. The zero-order chi connectivity index (χ0) is 17.6. The van der Waals surface area contributed by atoms with Gasteiger partial charge in [0.1, 0.15) is 11.5 Å².